The number of fused-ring (bicyclic) bond motifs is 1. The van der Waals surface area contributed by atoms with E-state index in [0.29, 0.717) is 16.7 Å². The van der Waals surface area contributed by atoms with Gasteiger partial charge in [0.15, 0.2) is 0 Å². The van der Waals surface area contributed by atoms with E-state index in [1.165, 1.54) is 5.56 Å². The van der Waals surface area contributed by atoms with E-state index >= 15 is 0 Å². The van der Waals surface area contributed by atoms with Crippen molar-refractivity contribution in [2.75, 3.05) is 6.61 Å². The fourth-order valence-electron chi connectivity index (χ4n) is 2.78. The molecule has 0 spiro atoms. The molecule has 0 bridgehead atoms. The fourth-order valence-corrected chi connectivity index (χ4v) is 3.08. The van der Waals surface area contributed by atoms with E-state index in [9.17, 15) is 0 Å². The molecule has 0 saturated carbocycles. The van der Waals surface area contributed by atoms with E-state index in [-0.39, 0.29) is 12.0 Å². The lowest BCUT2D eigenvalue weighted by atomic mass is 9.87. The van der Waals surface area contributed by atoms with Gasteiger partial charge in [0, 0.05) is 5.92 Å². The normalized spacial score (nSPS) is 18.7. The van der Waals surface area contributed by atoms with Gasteiger partial charge in [0.25, 0.3) is 0 Å². The Morgan fingerprint density at radius 3 is 2.71 bits per heavy atom. The number of benzene rings is 2. The van der Waals surface area contributed by atoms with Crippen molar-refractivity contribution in [1.82, 2.24) is 5.43 Å². The van der Waals surface area contributed by atoms with E-state index in [2.05, 4.69) is 11.5 Å². The van der Waals surface area contributed by atoms with Crippen molar-refractivity contribution in [3.05, 3.63) is 63.6 Å². The molecule has 3 nitrogen and oxygen atoms in total. The number of hydrogen-bond acceptors (Lipinski definition) is 3. The summed E-state index contributed by atoms with van der Waals surface area (Å²) in [5.74, 6) is 6.96. The van der Waals surface area contributed by atoms with Gasteiger partial charge in [-0.15, -0.1) is 0 Å². The maximum atomic E-state index is 6.10. The minimum Gasteiger partial charge on any atom is -0.493 e. The number of hydrazine groups is 1. The van der Waals surface area contributed by atoms with Crippen molar-refractivity contribution in [2.24, 2.45) is 11.8 Å². The first-order valence-corrected chi connectivity index (χ1v) is 7.56. The molecule has 0 radical (unpaired) electrons. The molecular formula is C16H16Cl2N2O. The predicted octanol–water partition coefficient (Wildman–Crippen LogP) is 3.75. The molecular weight excluding hydrogens is 307 g/mol. The Morgan fingerprint density at radius 2 is 1.95 bits per heavy atom. The van der Waals surface area contributed by atoms with Crippen LogP contribution in [0.15, 0.2) is 42.5 Å². The number of ether oxygens (including phenoxy) is 1. The van der Waals surface area contributed by atoms with Crippen molar-refractivity contribution in [3.63, 3.8) is 0 Å². The van der Waals surface area contributed by atoms with Crippen LogP contribution in [0.2, 0.25) is 10.0 Å². The molecule has 0 fully saturated rings. The summed E-state index contributed by atoms with van der Waals surface area (Å²) in [6, 6.07) is 13.6. The second-order valence-corrected chi connectivity index (χ2v) is 6.02. The molecule has 1 heterocycles. The van der Waals surface area contributed by atoms with Crippen molar-refractivity contribution in [1.29, 1.82) is 0 Å². The molecule has 3 N–H and O–H groups in total. The topological polar surface area (TPSA) is 47.3 Å². The molecule has 2 unspecified atom stereocenters. The van der Waals surface area contributed by atoms with Gasteiger partial charge >= 0.3 is 0 Å². The van der Waals surface area contributed by atoms with Crippen LogP contribution in [0.3, 0.4) is 0 Å². The Kier molecular flexibility index (Phi) is 4.36. The lowest BCUT2D eigenvalue weighted by Gasteiger charge is -2.31. The number of nitrogens with two attached hydrogens (primary N) is 1. The molecule has 1 aliphatic heterocycles. The maximum absolute atomic E-state index is 6.10. The third kappa shape index (κ3) is 3.01. The van der Waals surface area contributed by atoms with Crippen LogP contribution in [0.4, 0.5) is 0 Å². The van der Waals surface area contributed by atoms with Gasteiger partial charge in [-0.1, -0.05) is 47.5 Å². The Bertz CT molecular complexity index is 648. The van der Waals surface area contributed by atoms with Crippen LogP contribution in [0.1, 0.15) is 17.2 Å². The highest BCUT2D eigenvalue weighted by atomic mass is 35.5. The summed E-state index contributed by atoms with van der Waals surface area (Å²) in [5, 5.41) is 1.08. The molecule has 3 rings (SSSR count). The first-order valence-electron chi connectivity index (χ1n) is 6.81. The highest BCUT2D eigenvalue weighted by Crippen LogP contribution is 2.35. The first kappa shape index (κ1) is 14.7. The van der Waals surface area contributed by atoms with Gasteiger partial charge in [0.2, 0.25) is 0 Å². The highest BCUT2D eigenvalue weighted by Gasteiger charge is 2.28. The van der Waals surface area contributed by atoms with Crippen molar-refractivity contribution >= 4 is 23.2 Å². The molecule has 0 aliphatic carbocycles. The molecule has 0 aromatic heterocycles. The van der Waals surface area contributed by atoms with Crippen molar-refractivity contribution in [2.45, 2.75) is 12.5 Å². The van der Waals surface area contributed by atoms with Crippen LogP contribution in [0.5, 0.6) is 5.75 Å². The van der Waals surface area contributed by atoms with Gasteiger partial charge in [-0.05, 0) is 35.7 Å². The Morgan fingerprint density at radius 1 is 1.14 bits per heavy atom. The molecule has 1 aliphatic rings. The summed E-state index contributed by atoms with van der Waals surface area (Å²) in [6.45, 7) is 0.617. The third-order valence-corrected chi connectivity index (χ3v) is 4.60. The van der Waals surface area contributed by atoms with Crippen LogP contribution in [0, 0.1) is 5.92 Å². The quantitative estimate of drug-likeness (QED) is 0.668. The van der Waals surface area contributed by atoms with Crippen LogP contribution in [0.25, 0.3) is 0 Å². The molecule has 2 aromatic rings. The summed E-state index contributed by atoms with van der Waals surface area (Å²) in [4.78, 5) is 0. The summed E-state index contributed by atoms with van der Waals surface area (Å²) < 4.78 is 5.84. The summed E-state index contributed by atoms with van der Waals surface area (Å²) in [5.41, 5.74) is 5.10. The lowest BCUT2D eigenvalue weighted by molar-refractivity contribution is 0.185. The van der Waals surface area contributed by atoms with Gasteiger partial charge in [0.05, 0.1) is 22.7 Å². The average Bonchev–Trinajstić information content (AvgIpc) is 2.51. The Labute approximate surface area is 134 Å². The Hall–Kier alpha value is -1.26. The van der Waals surface area contributed by atoms with Crippen molar-refractivity contribution in [3.8, 4) is 5.75 Å². The van der Waals surface area contributed by atoms with E-state index < -0.39 is 0 Å². The van der Waals surface area contributed by atoms with Gasteiger partial charge in [-0.3, -0.25) is 11.3 Å². The van der Waals surface area contributed by atoms with Crippen LogP contribution < -0.4 is 16.0 Å². The number of rotatable bonds is 3. The first-order chi connectivity index (χ1) is 10.2. The molecule has 2 aromatic carbocycles. The number of hydrogen-bond donors (Lipinski definition) is 2. The van der Waals surface area contributed by atoms with E-state index in [4.69, 9.17) is 33.8 Å². The summed E-state index contributed by atoms with van der Waals surface area (Å²) in [6.07, 6.45) is 0.908. The van der Waals surface area contributed by atoms with Gasteiger partial charge in [-0.2, -0.15) is 0 Å². The third-order valence-electron chi connectivity index (χ3n) is 3.86. The summed E-state index contributed by atoms with van der Waals surface area (Å²) in [7, 11) is 0. The molecule has 110 valence electrons. The van der Waals surface area contributed by atoms with Crippen LogP contribution in [-0.2, 0) is 6.42 Å². The van der Waals surface area contributed by atoms with E-state index in [0.717, 1.165) is 17.7 Å². The van der Waals surface area contributed by atoms with Crippen LogP contribution in [-0.4, -0.2) is 6.61 Å². The maximum Gasteiger partial charge on any atom is 0.122 e. The molecule has 21 heavy (non-hydrogen) atoms. The van der Waals surface area contributed by atoms with Crippen molar-refractivity contribution < 1.29 is 4.74 Å². The predicted molar refractivity (Wildman–Crippen MR) is 85.7 cm³/mol. The largest absolute Gasteiger partial charge is 0.493 e. The zero-order valence-electron chi connectivity index (χ0n) is 11.4. The Balaban J connectivity index is 1.86. The average molecular weight is 323 g/mol. The smallest absolute Gasteiger partial charge is 0.122 e. The monoisotopic (exact) mass is 322 g/mol. The minimum atomic E-state index is -0.0341. The number of halogens is 2. The SMILES string of the molecule is NNC(c1ccc(Cl)c(Cl)c1)C1COc2ccccc2C1. The zero-order chi connectivity index (χ0) is 14.8. The van der Waals surface area contributed by atoms with Gasteiger partial charge < -0.3 is 4.74 Å². The van der Waals surface area contributed by atoms with E-state index in [1.807, 2.05) is 30.3 Å². The summed E-state index contributed by atoms with van der Waals surface area (Å²) >= 11 is 12.1. The molecule has 0 saturated heterocycles. The molecule has 5 heteroatoms. The zero-order valence-corrected chi connectivity index (χ0v) is 12.9. The van der Waals surface area contributed by atoms with Gasteiger partial charge in [-0.25, -0.2) is 0 Å². The fraction of sp³-hybridized carbons (Fsp3) is 0.250. The molecule has 0 amide bonds. The van der Waals surface area contributed by atoms with Gasteiger partial charge in [0.1, 0.15) is 5.75 Å². The number of para-hydroxylation sites is 1. The second kappa shape index (κ2) is 6.24. The minimum absolute atomic E-state index is 0.0341. The highest BCUT2D eigenvalue weighted by molar-refractivity contribution is 6.42. The number of nitrogens with one attached hydrogen (secondary N) is 1. The van der Waals surface area contributed by atoms with E-state index in [1.54, 1.807) is 6.07 Å². The standard InChI is InChI=1S/C16H16Cl2N2O/c17-13-6-5-11(8-14(13)18)16(20-19)12-7-10-3-1-2-4-15(10)21-9-12/h1-6,8,12,16,20H,7,9,19H2. The second-order valence-electron chi connectivity index (χ2n) is 5.20. The lowest BCUT2D eigenvalue weighted by Crippen LogP contribution is -2.38. The van der Waals surface area contributed by atoms with Crippen LogP contribution >= 0.6 is 23.2 Å². The molecule has 2 atom stereocenters.